The summed E-state index contributed by atoms with van der Waals surface area (Å²) in [6.45, 7) is 6.67. The van der Waals surface area contributed by atoms with Gasteiger partial charge in [-0.25, -0.2) is 8.42 Å². The van der Waals surface area contributed by atoms with Gasteiger partial charge in [-0.05, 0) is 43.1 Å². The molecule has 0 bridgehead atoms. The van der Waals surface area contributed by atoms with E-state index in [-0.39, 0.29) is 5.75 Å². The van der Waals surface area contributed by atoms with E-state index in [0.717, 1.165) is 25.2 Å². The molecular formula is C15H26N2O2S. The number of nitrogens with zero attached hydrogens (tertiary/aromatic N) is 1. The molecule has 0 aromatic heterocycles. The Labute approximate surface area is 123 Å². The molecule has 1 aromatic rings. The summed E-state index contributed by atoms with van der Waals surface area (Å²) in [7, 11) is -0.987. The summed E-state index contributed by atoms with van der Waals surface area (Å²) in [5, 5.41) is 3.39. The maximum Gasteiger partial charge on any atom is 0.149 e. The third-order valence-corrected chi connectivity index (χ3v) is 4.23. The first-order valence-electron chi connectivity index (χ1n) is 7.02. The number of sulfone groups is 1. The first-order chi connectivity index (χ1) is 9.33. The second kappa shape index (κ2) is 7.64. The van der Waals surface area contributed by atoms with Gasteiger partial charge in [0.15, 0.2) is 0 Å². The van der Waals surface area contributed by atoms with Crippen molar-refractivity contribution in [2.24, 2.45) is 0 Å². The second-order valence-corrected chi connectivity index (χ2v) is 7.60. The maximum atomic E-state index is 11.2. The summed E-state index contributed by atoms with van der Waals surface area (Å²) < 4.78 is 22.4. The molecular weight excluding hydrogens is 272 g/mol. The van der Waals surface area contributed by atoms with Gasteiger partial charge in [0.1, 0.15) is 9.84 Å². The first kappa shape index (κ1) is 17.0. The predicted molar refractivity (Wildman–Crippen MR) is 86.2 cm³/mol. The molecule has 5 heteroatoms. The quantitative estimate of drug-likeness (QED) is 0.746. The third-order valence-electron chi connectivity index (χ3n) is 3.31. The van der Waals surface area contributed by atoms with Crippen molar-refractivity contribution in [2.45, 2.75) is 26.8 Å². The summed E-state index contributed by atoms with van der Waals surface area (Å²) in [4.78, 5) is 1.98. The van der Waals surface area contributed by atoms with Gasteiger partial charge in [-0.1, -0.05) is 13.0 Å². The lowest BCUT2D eigenvalue weighted by Gasteiger charge is -2.20. The van der Waals surface area contributed by atoms with E-state index in [1.54, 1.807) is 0 Å². The van der Waals surface area contributed by atoms with Gasteiger partial charge in [0.2, 0.25) is 0 Å². The van der Waals surface area contributed by atoms with Crippen molar-refractivity contribution < 1.29 is 8.42 Å². The van der Waals surface area contributed by atoms with Gasteiger partial charge in [0.05, 0.1) is 5.75 Å². The molecule has 0 spiro atoms. The van der Waals surface area contributed by atoms with Crippen LogP contribution in [0.4, 0.5) is 5.69 Å². The van der Waals surface area contributed by atoms with Crippen molar-refractivity contribution in [3.8, 4) is 0 Å². The molecule has 0 aliphatic heterocycles. The fourth-order valence-corrected chi connectivity index (χ4v) is 2.55. The number of rotatable bonds is 8. The lowest BCUT2D eigenvalue weighted by Crippen LogP contribution is -2.25. The van der Waals surface area contributed by atoms with E-state index in [9.17, 15) is 8.42 Å². The summed E-state index contributed by atoms with van der Waals surface area (Å²) in [6.07, 6.45) is 2.40. The topological polar surface area (TPSA) is 49.4 Å². The van der Waals surface area contributed by atoms with Crippen LogP contribution in [-0.4, -0.2) is 40.6 Å². The molecule has 4 nitrogen and oxygen atoms in total. The number of nitrogens with one attached hydrogen (secondary N) is 1. The van der Waals surface area contributed by atoms with Gasteiger partial charge in [-0.2, -0.15) is 0 Å². The fourth-order valence-electron chi connectivity index (χ4n) is 1.95. The van der Waals surface area contributed by atoms with Crippen molar-refractivity contribution in [1.82, 2.24) is 5.32 Å². The van der Waals surface area contributed by atoms with Crippen molar-refractivity contribution in [1.29, 1.82) is 0 Å². The monoisotopic (exact) mass is 298 g/mol. The average molecular weight is 298 g/mol. The number of aryl methyl sites for hydroxylation is 1. The van der Waals surface area contributed by atoms with Crippen molar-refractivity contribution >= 4 is 15.5 Å². The van der Waals surface area contributed by atoms with Gasteiger partial charge < -0.3 is 10.2 Å². The van der Waals surface area contributed by atoms with Crippen LogP contribution in [0, 0.1) is 6.92 Å². The largest absolute Gasteiger partial charge is 0.374 e. The molecule has 0 saturated heterocycles. The van der Waals surface area contributed by atoms with E-state index in [4.69, 9.17) is 0 Å². The molecule has 114 valence electrons. The Morgan fingerprint density at radius 1 is 1.30 bits per heavy atom. The van der Waals surface area contributed by atoms with Crippen LogP contribution in [0.15, 0.2) is 18.2 Å². The molecule has 1 N–H and O–H groups in total. The van der Waals surface area contributed by atoms with Crippen molar-refractivity contribution in [3.05, 3.63) is 29.3 Å². The normalized spacial score (nSPS) is 11.6. The summed E-state index contributed by atoms with van der Waals surface area (Å²) in [5.74, 6) is 0.183. The van der Waals surface area contributed by atoms with E-state index in [0.29, 0.717) is 6.54 Å². The number of hydrogen-bond donors (Lipinski definition) is 1. The zero-order valence-corrected chi connectivity index (χ0v) is 13.8. The molecule has 0 unspecified atom stereocenters. The van der Waals surface area contributed by atoms with Crippen LogP contribution in [0.3, 0.4) is 0 Å². The summed E-state index contributed by atoms with van der Waals surface area (Å²) in [6, 6.07) is 6.29. The van der Waals surface area contributed by atoms with Crippen LogP contribution in [-0.2, 0) is 16.4 Å². The predicted octanol–water partition coefficient (Wildman–Crippen LogP) is 1.98. The van der Waals surface area contributed by atoms with Crippen LogP contribution in [0.25, 0.3) is 0 Å². The third kappa shape index (κ3) is 5.92. The Bertz CT molecular complexity index is 527. The molecule has 0 heterocycles. The highest BCUT2D eigenvalue weighted by Gasteiger charge is 2.08. The Hall–Kier alpha value is -1.07. The number of hydrogen-bond acceptors (Lipinski definition) is 4. The molecule has 0 amide bonds. The zero-order chi connectivity index (χ0) is 15.2. The molecule has 0 radical (unpaired) electrons. The standard InChI is InChI=1S/C15H26N2O2S/c1-5-8-16-12-14-6-7-15(11-13(14)2)17(3)9-10-20(4,18)19/h6-7,11,16H,5,8-10,12H2,1-4H3. The van der Waals surface area contributed by atoms with E-state index >= 15 is 0 Å². The average Bonchev–Trinajstić information content (AvgIpc) is 2.37. The summed E-state index contributed by atoms with van der Waals surface area (Å²) >= 11 is 0. The number of anilines is 1. The minimum atomic E-state index is -2.91. The van der Waals surface area contributed by atoms with Crippen LogP contribution in [0.5, 0.6) is 0 Å². The smallest absolute Gasteiger partial charge is 0.149 e. The first-order valence-corrected chi connectivity index (χ1v) is 9.08. The van der Waals surface area contributed by atoms with Gasteiger partial charge in [0, 0.05) is 32.1 Å². The molecule has 1 aromatic carbocycles. The molecule has 20 heavy (non-hydrogen) atoms. The van der Waals surface area contributed by atoms with E-state index < -0.39 is 9.84 Å². The fraction of sp³-hybridized carbons (Fsp3) is 0.600. The Kier molecular flexibility index (Phi) is 6.49. The minimum Gasteiger partial charge on any atom is -0.374 e. The van der Waals surface area contributed by atoms with Gasteiger partial charge >= 0.3 is 0 Å². The molecule has 1 rings (SSSR count). The van der Waals surface area contributed by atoms with Crippen molar-refractivity contribution in [3.63, 3.8) is 0 Å². The lowest BCUT2D eigenvalue weighted by atomic mass is 10.1. The van der Waals surface area contributed by atoms with Crippen LogP contribution < -0.4 is 10.2 Å². The molecule has 0 saturated carbocycles. The highest BCUT2D eigenvalue weighted by Crippen LogP contribution is 2.18. The van der Waals surface area contributed by atoms with E-state index in [1.807, 2.05) is 11.9 Å². The Morgan fingerprint density at radius 2 is 2.00 bits per heavy atom. The van der Waals surface area contributed by atoms with E-state index in [1.165, 1.54) is 17.4 Å². The zero-order valence-electron chi connectivity index (χ0n) is 12.9. The maximum absolute atomic E-state index is 11.2. The van der Waals surface area contributed by atoms with Gasteiger partial charge in [-0.15, -0.1) is 0 Å². The number of benzene rings is 1. The second-order valence-electron chi connectivity index (χ2n) is 5.34. The summed E-state index contributed by atoms with van der Waals surface area (Å²) in [5.41, 5.74) is 3.58. The highest BCUT2D eigenvalue weighted by atomic mass is 32.2. The van der Waals surface area contributed by atoms with Crippen LogP contribution in [0.2, 0.25) is 0 Å². The van der Waals surface area contributed by atoms with Crippen molar-refractivity contribution in [2.75, 3.05) is 37.0 Å². The van der Waals surface area contributed by atoms with E-state index in [2.05, 4.69) is 37.4 Å². The SMILES string of the molecule is CCCNCc1ccc(N(C)CCS(C)(=O)=O)cc1C. The molecule has 0 aliphatic rings. The highest BCUT2D eigenvalue weighted by molar-refractivity contribution is 7.90. The Morgan fingerprint density at radius 3 is 2.55 bits per heavy atom. The van der Waals surface area contributed by atoms with Gasteiger partial charge in [-0.3, -0.25) is 0 Å². The molecule has 0 fully saturated rings. The minimum absolute atomic E-state index is 0.183. The molecule has 0 atom stereocenters. The lowest BCUT2D eigenvalue weighted by molar-refractivity contribution is 0.601. The Balaban J connectivity index is 2.66. The van der Waals surface area contributed by atoms with Gasteiger partial charge in [0.25, 0.3) is 0 Å². The van der Waals surface area contributed by atoms with Crippen LogP contribution in [0.1, 0.15) is 24.5 Å². The van der Waals surface area contributed by atoms with Crippen LogP contribution >= 0.6 is 0 Å². The molecule has 0 aliphatic carbocycles.